The van der Waals surface area contributed by atoms with Crippen molar-refractivity contribution in [3.8, 4) is 0 Å². The van der Waals surface area contributed by atoms with Gasteiger partial charge in [-0.1, -0.05) is 38.2 Å². The molecule has 0 saturated heterocycles. The highest BCUT2D eigenvalue weighted by Crippen LogP contribution is 2.28. The van der Waals surface area contributed by atoms with Crippen molar-refractivity contribution >= 4 is 11.7 Å². The van der Waals surface area contributed by atoms with Crippen LogP contribution in [0.5, 0.6) is 0 Å². The summed E-state index contributed by atoms with van der Waals surface area (Å²) < 4.78 is 18.4. The summed E-state index contributed by atoms with van der Waals surface area (Å²) in [4.78, 5) is 12.1. The number of anilines is 1. The predicted octanol–water partition coefficient (Wildman–Crippen LogP) is 4.14. The van der Waals surface area contributed by atoms with E-state index in [0.29, 0.717) is 18.2 Å². The maximum absolute atomic E-state index is 13.3. The Labute approximate surface area is 125 Å². The molecule has 1 N–H and O–H groups in total. The normalized spacial score (nSPS) is 17.2. The minimum Gasteiger partial charge on any atom is -0.464 e. The van der Waals surface area contributed by atoms with Crippen molar-refractivity contribution < 1.29 is 13.9 Å². The smallest absolute Gasteiger partial charge is 0.328 e. The highest BCUT2D eigenvalue weighted by molar-refractivity contribution is 5.79. The van der Waals surface area contributed by atoms with Gasteiger partial charge in [0.1, 0.15) is 11.9 Å². The van der Waals surface area contributed by atoms with Crippen LogP contribution < -0.4 is 5.32 Å². The van der Waals surface area contributed by atoms with E-state index in [0.717, 1.165) is 6.42 Å². The highest BCUT2D eigenvalue weighted by atomic mass is 19.1. The Hall–Kier alpha value is -1.58. The lowest BCUT2D eigenvalue weighted by molar-refractivity contribution is -0.144. The highest BCUT2D eigenvalue weighted by Gasteiger charge is 2.25. The fraction of sp³-hybridized carbons (Fsp3) is 0.588. The topological polar surface area (TPSA) is 38.3 Å². The first-order valence-corrected chi connectivity index (χ1v) is 7.87. The molecule has 21 heavy (non-hydrogen) atoms. The van der Waals surface area contributed by atoms with E-state index in [9.17, 15) is 9.18 Å². The van der Waals surface area contributed by atoms with Crippen molar-refractivity contribution in [3.05, 3.63) is 30.1 Å². The van der Waals surface area contributed by atoms with E-state index >= 15 is 0 Å². The van der Waals surface area contributed by atoms with Crippen LogP contribution in [0.4, 0.5) is 10.1 Å². The van der Waals surface area contributed by atoms with Gasteiger partial charge in [-0.2, -0.15) is 0 Å². The third-order valence-corrected chi connectivity index (χ3v) is 4.03. The zero-order valence-electron chi connectivity index (χ0n) is 12.6. The summed E-state index contributed by atoms with van der Waals surface area (Å²) in [6.07, 6.45) is 6.86. The fourth-order valence-corrected chi connectivity index (χ4v) is 2.99. The van der Waals surface area contributed by atoms with E-state index in [4.69, 9.17) is 4.74 Å². The molecule has 1 unspecified atom stereocenters. The third-order valence-electron chi connectivity index (χ3n) is 4.03. The maximum atomic E-state index is 13.3. The Morgan fingerprint density at radius 2 is 2.14 bits per heavy atom. The van der Waals surface area contributed by atoms with Crippen molar-refractivity contribution in [2.75, 3.05) is 11.9 Å². The van der Waals surface area contributed by atoms with Crippen LogP contribution in [0.25, 0.3) is 0 Å². The first-order valence-electron chi connectivity index (χ1n) is 7.87. The lowest BCUT2D eigenvalue weighted by Crippen LogP contribution is -2.34. The molecule has 0 bridgehead atoms. The molecule has 1 aromatic rings. The minimum atomic E-state index is -0.394. The van der Waals surface area contributed by atoms with Gasteiger partial charge in [0.2, 0.25) is 0 Å². The van der Waals surface area contributed by atoms with Gasteiger partial charge in [0, 0.05) is 5.69 Å². The van der Waals surface area contributed by atoms with Gasteiger partial charge < -0.3 is 10.1 Å². The summed E-state index contributed by atoms with van der Waals surface area (Å²) in [5.74, 6) is 0.00169. The zero-order chi connectivity index (χ0) is 15.1. The molecular weight excluding hydrogens is 269 g/mol. The van der Waals surface area contributed by atoms with Gasteiger partial charge >= 0.3 is 5.97 Å². The van der Waals surface area contributed by atoms with Gasteiger partial charge in [0.25, 0.3) is 0 Å². The van der Waals surface area contributed by atoms with Crippen LogP contribution >= 0.6 is 0 Å². The monoisotopic (exact) mass is 293 g/mol. The molecule has 4 heteroatoms. The SMILES string of the molecule is CCOC(=O)C(CC1CCCCC1)Nc1cccc(F)c1. The molecule has 0 spiro atoms. The molecule has 1 aromatic carbocycles. The van der Waals surface area contributed by atoms with Crippen molar-refractivity contribution in [2.45, 2.75) is 51.5 Å². The number of carbonyl (C=O) groups excluding carboxylic acids is 1. The van der Waals surface area contributed by atoms with Gasteiger partial charge in [0.05, 0.1) is 6.61 Å². The van der Waals surface area contributed by atoms with Crippen LogP contribution in [0.15, 0.2) is 24.3 Å². The van der Waals surface area contributed by atoms with E-state index in [-0.39, 0.29) is 11.8 Å². The number of ether oxygens (including phenoxy) is 1. The van der Waals surface area contributed by atoms with Gasteiger partial charge in [0.15, 0.2) is 0 Å². The average molecular weight is 293 g/mol. The number of rotatable bonds is 6. The average Bonchev–Trinajstić information content (AvgIpc) is 2.48. The Morgan fingerprint density at radius 3 is 2.81 bits per heavy atom. The molecule has 2 rings (SSSR count). The summed E-state index contributed by atoms with van der Waals surface area (Å²) in [7, 11) is 0. The van der Waals surface area contributed by atoms with Crippen LogP contribution in [-0.2, 0) is 9.53 Å². The molecule has 1 atom stereocenters. The fourth-order valence-electron chi connectivity index (χ4n) is 2.99. The zero-order valence-corrected chi connectivity index (χ0v) is 12.6. The van der Waals surface area contributed by atoms with Crippen molar-refractivity contribution in [1.29, 1.82) is 0 Å². The van der Waals surface area contributed by atoms with E-state index in [1.165, 1.54) is 44.2 Å². The Kier molecular flexibility index (Phi) is 6.03. The predicted molar refractivity (Wildman–Crippen MR) is 81.6 cm³/mol. The van der Waals surface area contributed by atoms with Crippen LogP contribution in [0, 0.1) is 11.7 Å². The van der Waals surface area contributed by atoms with Crippen LogP contribution in [0.1, 0.15) is 45.4 Å². The number of hydrogen-bond donors (Lipinski definition) is 1. The molecule has 0 aromatic heterocycles. The quantitative estimate of drug-likeness (QED) is 0.801. The summed E-state index contributed by atoms with van der Waals surface area (Å²) >= 11 is 0. The number of carbonyl (C=O) groups is 1. The van der Waals surface area contributed by atoms with E-state index in [1.54, 1.807) is 19.1 Å². The molecule has 3 nitrogen and oxygen atoms in total. The van der Waals surface area contributed by atoms with E-state index in [1.807, 2.05) is 0 Å². The Bertz CT molecular complexity index is 458. The second-order valence-electron chi connectivity index (χ2n) is 5.70. The van der Waals surface area contributed by atoms with Gasteiger partial charge in [-0.25, -0.2) is 9.18 Å². The molecular formula is C17H24FNO2. The van der Waals surface area contributed by atoms with Crippen LogP contribution in [-0.4, -0.2) is 18.6 Å². The van der Waals surface area contributed by atoms with Crippen LogP contribution in [0.2, 0.25) is 0 Å². The molecule has 1 saturated carbocycles. The van der Waals surface area contributed by atoms with Gasteiger partial charge in [-0.05, 0) is 37.5 Å². The Morgan fingerprint density at radius 1 is 1.38 bits per heavy atom. The largest absolute Gasteiger partial charge is 0.464 e. The van der Waals surface area contributed by atoms with Crippen LogP contribution in [0.3, 0.4) is 0 Å². The molecule has 0 amide bonds. The van der Waals surface area contributed by atoms with E-state index < -0.39 is 6.04 Å². The molecule has 1 fully saturated rings. The third kappa shape index (κ3) is 5.03. The molecule has 0 radical (unpaired) electrons. The van der Waals surface area contributed by atoms with Crippen molar-refractivity contribution in [3.63, 3.8) is 0 Å². The van der Waals surface area contributed by atoms with Crippen molar-refractivity contribution in [1.82, 2.24) is 0 Å². The lowest BCUT2D eigenvalue weighted by atomic mass is 9.85. The summed E-state index contributed by atoms with van der Waals surface area (Å²) in [5.41, 5.74) is 0.629. The number of esters is 1. The first-order chi connectivity index (χ1) is 10.2. The minimum absolute atomic E-state index is 0.243. The summed E-state index contributed by atoms with van der Waals surface area (Å²) in [6, 6.07) is 5.82. The molecule has 116 valence electrons. The van der Waals surface area contributed by atoms with Gasteiger partial charge in [-0.3, -0.25) is 0 Å². The number of hydrogen-bond acceptors (Lipinski definition) is 3. The second kappa shape index (κ2) is 8.01. The molecule has 0 heterocycles. The lowest BCUT2D eigenvalue weighted by Gasteiger charge is -2.26. The summed E-state index contributed by atoms with van der Waals surface area (Å²) in [6.45, 7) is 2.17. The van der Waals surface area contributed by atoms with Gasteiger partial charge in [-0.15, -0.1) is 0 Å². The molecule has 1 aliphatic carbocycles. The number of nitrogens with one attached hydrogen (secondary N) is 1. The molecule has 1 aliphatic rings. The van der Waals surface area contributed by atoms with E-state index in [2.05, 4.69) is 5.32 Å². The maximum Gasteiger partial charge on any atom is 0.328 e. The summed E-state index contributed by atoms with van der Waals surface area (Å²) in [5, 5.41) is 3.14. The standard InChI is InChI=1S/C17H24FNO2/c1-2-21-17(20)16(11-13-7-4-3-5-8-13)19-15-10-6-9-14(18)12-15/h6,9-10,12-13,16,19H,2-5,7-8,11H2,1H3. The van der Waals surface area contributed by atoms with Crippen molar-refractivity contribution in [2.24, 2.45) is 5.92 Å². The number of benzene rings is 1. The Balaban J connectivity index is 2.02. The molecule has 0 aliphatic heterocycles. The second-order valence-corrected chi connectivity index (χ2v) is 5.70. The number of halogens is 1. The first kappa shape index (κ1) is 15.8.